The predicted octanol–water partition coefficient (Wildman–Crippen LogP) is 2.95. The van der Waals surface area contributed by atoms with Crippen molar-refractivity contribution in [3.8, 4) is 6.07 Å². The normalized spacial score (nSPS) is 12.5. The first-order valence-corrected chi connectivity index (χ1v) is 8.49. The Kier molecular flexibility index (Phi) is 5.56. The molecule has 1 unspecified atom stereocenters. The fourth-order valence-electron chi connectivity index (χ4n) is 1.44. The summed E-state index contributed by atoms with van der Waals surface area (Å²) in [6, 6.07) is 4.46. The van der Waals surface area contributed by atoms with Crippen LogP contribution in [0.25, 0.3) is 0 Å². The quantitative estimate of drug-likeness (QED) is 0.753. The summed E-state index contributed by atoms with van der Waals surface area (Å²) in [7, 11) is -3.99. The number of aromatic carboxylic acids is 1. The van der Waals surface area contributed by atoms with Gasteiger partial charge in [-0.2, -0.15) is 5.26 Å². The number of sulfonamides is 1. The number of rotatable bonds is 5. The smallest absolute Gasteiger partial charge is 0.337 e. The highest BCUT2D eigenvalue weighted by atomic mass is 79.9. The van der Waals surface area contributed by atoms with E-state index in [1.54, 1.807) is 13.0 Å². The topological polar surface area (TPSA) is 107 Å². The Balaban J connectivity index is 3.36. The molecule has 0 aromatic heterocycles. The monoisotopic (exact) mass is 424 g/mol. The van der Waals surface area contributed by atoms with Gasteiger partial charge in [-0.05, 0) is 34.5 Å². The number of nitrogens with zero attached hydrogens (tertiary/aromatic N) is 1. The Bertz CT molecular complexity index is 682. The standard InChI is InChI=1S/C11H10Br2N2O4S/c1-2-7(5-14)20(18,19)15-10-8(11(16)17)3-6(12)4-9(10)13/h3-4,7,15H,2H2,1H3,(H,16,17). The van der Waals surface area contributed by atoms with Crippen LogP contribution in [0.3, 0.4) is 0 Å². The molecule has 2 N–H and O–H groups in total. The number of nitriles is 1. The van der Waals surface area contributed by atoms with Crippen LogP contribution in [0, 0.1) is 11.3 Å². The number of carboxylic acids is 1. The molecule has 108 valence electrons. The van der Waals surface area contributed by atoms with Crippen molar-refractivity contribution in [1.82, 2.24) is 0 Å². The molecule has 0 aliphatic carbocycles. The van der Waals surface area contributed by atoms with Crippen molar-refractivity contribution < 1.29 is 18.3 Å². The molecule has 9 heteroatoms. The van der Waals surface area contributed by atoms with E-state index in [2.05, 4.69) is 36.6 Å². The van der Waals surface area contributed by atoms with Gasteiger partial charge in [-0.3, -0.25) is 4.72 Å². The van der Waals surface area contributed by atoms with Crippen molar-refractivity contribution in [3.05, 3.63) is 26.6 Å². The van der Waals surface area contributed by atoms with Crippen molar-refractivity contribution in [2.75, 3.05) is 4.72 Å². The molecule has 0 radical (unpaired) electrons. The molecular weight excluding hydrogens is 416 g/mol. The maximum absolute atomic E-state index is 12.0. The fraction of sp³-hybridized carbons (Fsp3) is 0.273. The number of carbonyl (C=O) groups is 1. The van der Waals surface area contributed by atoms with Gasteiger partial charge in [0, 0.05) is 8.95 Å². The highest BCUT2D eigenvalue weighted by Gasteiger charge is 2.26. The van der Waals surface area contributed by atoms with Crippen LogP contribution in [-0.2, 0) is 10.0 Å². The second-order valence-electron chi connectivity index (χ2n) is 3.79. The molecule has 1 atom stereocenters. The molecule has 1 aromatic rings. The molecule has 0 spiro atoms. The van der Waals surface area contributed by atoms with Crippen molar-refractivity contribution in [2.45, 2.75) is 18.6 Å². The first-order chi connectivity index (χ1) is 9.22. The van der Waals surface area contributed by atoms with Crippen LogP contribution in [0.4, 0.5) is 5.69 Å². The Morgan fingerprint density at radius 2 is 2.10 bits per heavy atom. The third kappa shape index (κ3) is 3.71. The molecule has 1 rings (SSSR count). The van der Waals surface area contributed by atoms with Gasteiger partial charge >= 0.3 is 5.97 Å². The SMILES string of the molecule is CCC(C#N)S(=O)(=O)Nc1c(Br)cc(Br)cc1C(=O)O. The molecule has 0 fully saturated rings. The van der Waals surface area contributed by atoms with Gasteiger partial charge in [0.25, 0.3) is 0 Å². The summed E-state index contributed by atoms with van der Waals surface area (Å²) >= 11 is 6.24. The zero-order valence-electron chi connectivity index (χ0n) is 10.2. The molecule has 0 saturated carbocycles. The van der Waals surface area contributed by atoms with Gasteiger partial charge in [0.1, 0.15) is 0 Å². The van der Waals surface area contributed by atoms with E-state index in [1.807, 2.05) is 0 Å². The third-order valence-corrected chi connectivity index (χ3v) is 5.18. The van der Waals surface area contributed by atoms with E-state index in [9.17, 15) is 13.2 Å². The molecule has 1 aromatic carbocycles. The number of carboxylic acid groups (broad SMARTS) is 1. The van der Waals surface area contributed by atoms with Gasteiger partial charge < -0.3 is 5.11 Å². The van der Waals surface area contributed by atoms with Gasteiger partial charge in [0.15, 0.2) is 5.25 Å². The lowest BCUT2D eigenvalue weighted by atomic mass is 10.2. The predicted molar refractivity (Wildman–Crippen MR) is 81.0 cm³/mol. The lowest BCUT2D eigenvalue weighted by Crippen LogP contribution is -2.27. The molecule has 0 heterocycles. The highest BCUT2D eigenvalue weighted by molar-refractivity contribution is 9.11. The van der Waals surface area contributed by atoms with Crippen LogP contribution in [-0.4, -0.2) is 24.7 Å². The number of hydrogen-bond acceptors (Lipinski definition) is 4. The Morgan fingerprint density at radius 3 is 2.55 bits per heavy atom. The van der Waals surface area contributed by atoms with Crippen molar-refractivity contribution in [1.29, 1.82) is 5.26 Å². The van der Waals surface area contributed by atoms with Crippen LogP contribution in [0.15, 0.2) is 21.1 Å². The molecule has 0 bridgehead atoms. The number of benzene rings is 1. The fourth-order valence-corrected chi connectivity index (χ4v) is 4.12. The Morgan fingerprint density at radius 1 is 1.50 bits per heavy atom. The van der Waals surface area contributed by atoms with E-state index in [-0.39, 0.29) is 22.1 Å². The summed E-state index contributed by atoms with van der Waals surface area (Å²) in [5.41, 5.74) is -0.322. The Hall–Kier alpha value is -1.11. The molecule has 20 heavy (non-hydrogen) atoms. The van der Waals surface area contributed by atoms with Crippen LogP contribution in [0.5, 0.6) is 0 Å². The zero-order chi connectivity index (χ0) is 15.5. The van der Waals surface area contributed by atoms with Crippen molar-refractivity contribution in [3.63, 3.8) is 0 Å². The number of halogens is 2. The van der Waals surface area contributed by atoms with E-state index in [1.165, 1.54) is 12.1 Å². The number of nitrogens with one attached hydrogen (secondary N) is 1. The van der Waals surface area contributed by atoms with Gasteiger partial charge in [-0.1, -0.05) is 22.9 Å². The maximum atomic E-state index is 12.0. The lowest BCUT2D eigenvalue weighted by Gasteiger charge is -2.15. The molecule has 0 amide bonds. The molecular formula is C11H10Br2N2O4S. The summed E-state index contributed by atoms with van der Waals surface area (Å²) in [5.74, 6) is -1.28. The van der Waals surface area contributed by atoms with Crippen LogP contribution < -0.4 is 4.72 Å². The average molecular weight is 426 g/mol. The largest absolute Gasteiger partial charge is 0.478 e. The van der Waals surface area contributed by atoms with Crippen LogP contribution in [0.2, 0.25) is 0 Å². The van der Waals surface area contributed by atoms with E-state index >= 15 is 0 Å². The second kappa shape index (κ2) is 6.56. The van der Waals surface area contributed by atoms with E-state index in [4.69, 9.17) is 10.4 Å². The highest BCUT2D eigenvalue weighted by Crippen LogP contribution is 2.32. The van der Waals surface area contributed by atoms with E-state index in [0.29, 0.717) is 4.47 Å². The van der Waals surface area contributed by atoms with Gasteiger partial charge in [0.2, 0.25) is 10.0 Å². The van der Waals surface area contributed by atoms with E-state index in [0.717, 1.165) is 0 Å². The number of hydrogen-bond donors (Lipinski definition) is 2. The molecule has 0 aliphatic rings. The third-order valence-electron chi connectivity index (χ3n) is 2.42. The van der Waals surface area contributed by atoms with Crippen LogP contribution >= 0.6 is 31.9 Å². The van der Waals surface area contributed by atoms with E-state index < -0.39 is 21.2 Å². The summed E-state index contributed by atoms with van der Waals surface area (Å²) in [6.45, 7) is 1.56. The average Bonchev–Trinajstić information content (AvgIpc) is 2.33. The molecule has 0 aliphatic heterocycles. The molecule has 6 nitrogen and oxygen atoms in total. The van der Waals surface area contributed by atoms with Crippen molar-refractivity contribution in [2.24, 2.45) is 0 Å². The Labute approximate surface area is 133 Å². The minimum atomic E-state index is -3.99. The van der Waals surface area contributed by atoms with Gasteiger partial charge in [0.05, 0.1) is 17.3 Å². The maximum Gasteiger partial charge on any atom is 0.337 e. The van der Waals surface area contributed by atoms with Gasteiger partial charge in [-0.15, -0.1) is 0 Å². The first kappa shape index (κ1) is 16.9. The lowest BCUT2D eigenvalue weighted by molar-refractivity contribution is 0.0698. The van der Waals surface area contributed by atoms with Crippen molar-refractivity contribution >= 4 is 53.5 Å². The minimum absolute atomic E-state index is 0.0996. The summed E-state index contributed by atoms with van der Waals surface area (Å²) in [6.07, 6.45) is 0.0996. The summed E-state index contributed by atoms with van der Waals surface area (Å²) in [5, 5.41) is 16.7. The second-order valence-corrected chi connectivity index (χ2v) is 7.42. The summed E-state index contributed by atoms with van der Waals surface area (Å²) < 4.78 is 26.9. The number of anilines is 1. The van der Waals surface area contributed by atoms with Gasteiger partial charge in [-0.25, -0.2) is 13.2 Å². The zero-order valence-corrected chi connectivity index (χ0v) is 14.2. The molecule has 0 saturated heterocycles. The minimum Gasteiger partial charge on any atom is -0.478 e. The first-order valence-electron chi connectivity index (χ1n) is 5.36. The summed E-state index contributed by atoms with van der Waals surface area (Å²) in [4.78, 5) is 11.2. The van der Waals surface area contributed by atoms with Crippen LogP contribution in [0.1, 0.15) is 23.7 Å².